The molecular weight excluding hydrogens is 203 g/mol. The molecule has 0 aromatic heterocycles. The van der Waals surface area contributed by atoms with Crippen molar-refractivity contribution in [3.63, 3.8) is 0 Å². The van der Waals surface area contributed by atoms with Crippen LogP contribution in [0.5, 0.6) is 0 Å². The summed E-state index contributed by atoms with van der Waals surface area (Å²) in [5, 5.41) is 2.37. The van der Waals surface area contributed by atoms with Crippen LogP contribution >= 0.6 is 0 Å². The first-order valence-corrected chi connectivity index (χ1v) is 4.71. The maximum absolute atomic E-state index is 11.9. The van der Waals surface area contributed by atoms with Crippen LogP contribution in [0.4, 0.5) is 13.2 Å². The molecule has 0 radical (unpaired) electrons. The molecule has 1 nitrogen and oxygen atoms in total. The van der Waals surface area contributed by atoms with Crippen molar-refractivity contribution in [2.45, 2.75) is 26.6 Å². The molecule has 0 aliphatic rings. The third-order valence-electron chi connectivity index (χ3n) is 1.94. The molecule has 1 aromatic rings. The topological polar surface area (TPSA) is 12.0 Å². The van der Waals surface area contributed by atoms with Crippen LogP contribution in [0.15, 0.2) is 18.2 Å². The zero-order valence-electron chi connectivity index (χ0n) is 8.78. The fourth-order valence-electron chi connectivity index (χ4n) is 1.52. The first kappa shape index (κ1) is 12.0. The lowest BCUT2D eigenvalue weighted by atomic mass is 10.1. The predicted octanol–water partition coefficient (Wildman–Crippen LogP) is 2.96. The Morgan fingerprint density at radius 1 is 1.07 bits per heavy atom. The summed E-state index contributed by atoms with van der Waals surface area (Å²) in [5.74, 6) is 0. The van der Waals surface area contributed by atoms with Crippen LogP contribution in [0.1, 0.15) is 16.7 Å². The van der Waals surface area contributed by atoms with Gasteiger partial charge in [-0.25, -0.2) is 0 Å². The Kier molecular flexibility index (Phi) is 3.74. The van der Waals surface area contributed by atoms with E-state index >= 15 is 0 Å². The van der Waals surface area contributed by atoms with Gasteiger partial charge in [0.25, 0.3) is 0 Å². The minimum absolute atomic E-state index is 0.252. The summed E-state index contributed by atoms with van der Waals surface area (Å²) >= 11 is 0. The van der Waals surface area contributed by atoms with E-state index in [1.807, 2.05) is 32.0 Å². The van der Waals surface area contributed by atoms with E-state index in [9.17, 15) is 13.2 Å². The van der Waals surface area contributed by atoms with Crippen LogP contribution in [-0.2, 0) is 6.54 Å². The largest absolute Gasteiger partial charge is 0.401 e. The van der Waals surface area contributed by atoms with E-state index in [-0.39, 0.29) is 6.54 Å². The second-order valence-corrected chi connectivity index (χ2v) is 3.71. The minimum Gasteiger partial charge on any atom is -0.305 e. The Labute approximate surface area is 87.3 Å². The fourth-order valence-corrected chi connectivity index (χ4v) is 1.52. The highest BCUT2D eigenvalue weighted by Gasteiger charge is 2.25. The molecule has 0 atom stereocenters. The standard InChI is InChI=1S/C11H14F3N/c1-8-3-9(2)5-10(4-8)6-15-7-11(12,13)14/h3-5,15H,6-7H2,1-2H3. The molecule has 84 valence electrons. The van der Waals surface area contributed by atoms with Crippen LogP contribution < -0.4 is 5.32 Å². The molecule has 1 N–H and O–H groups in total. The Hall–Kier alpha value is -1.03. The molecule has 0 amide bonds. The van der Waals surface area contributed by atoms with Gasteiger partial charge in [-0.1, -0.05) is 29.3 Å². The molecule has 15 heavy (non-hydrogen) atoms. The minimum atomic E-state index is -4.14. The van der Waals surface area contributed by atoms with Gasteiger partial charge in [0.15, 0.2) is 0 Å². The van der Waals surface area contributed by atoms with E-state index in [1.165, 1.54) is 0 Å². The van der Waals surface area contributed by atoms with E-state index < -0.39 is 12.7 Å². The smallest absolute Gasteiger partial charge is 0.305 e. The number of hydrogen-bond donors (Lipinski definition) is 1. The van der Waals surface area contributed by atoms with Crippen LogP contribution in [0.25, 0.3) is 0 Å². The summed E-state index contributed by atoms with van der Waals surface area (Å²) in [6, 6.07) is 5.76. The maximum Gasteiger partial charge on any atom is 0.401 e. The molecule has 1 aromatic carbocycles. The number of nitrogens with one attached hydrogen (secondary N) is 1. The van der Waals surface area contributed by atoms with Gasteiger partial charge in [0.05, 0.1) is 6.54 Å². The van der Waals surface area contributed by atoms with Gasteiger partial charge >= 0.3 is 6.18 Å². The summed E-state index contributed by atoms with van der Waals surface area (Å²) in [5.41, 5.74) is 3.02. The summed E-state index contributed by atoms with van der Waals surface area (Å²) in [6.45, 7) is 3.17. The van der Waals surface area contributed by atoms with Crippen molar-refractivity contribution in [3.8, 4) is 0 Å². The summed E-state index contributed by atoms with van der Waals surface area (Å²) in [4.78, 5) is 0. The Balaban J connectivity index is 2.51. The highest BCUT2D eigenvalue weighted by atomic mass is 19.4. The van der Waals surface area contributed by atoms with Crippen LogP contribution in [0.2, 0.25) is 0 Å². The highest BCUT2D eigenvalue weighted by molar-refractivity contribution is 5.28. The molecular formula is C11H14F3N. The Bertz CT molecular complexity index is 311. The lowest BCUT2D eigenvalue weighted by molar-refractivity contribution is -0.125. The SMILES string of the molecule is Cc1cc(C)cc(CNCC(F)(F)F)c1. The van der Waals surface area contributed by atoms with Crippen LogP contribution in [-0.4, -0.2) is 12.7 Å². The fraction of sp³-hybridized carbons (Fsp3) is 0.455. The van der Waals surface area contributed by atoms with Crippen molar-refractivity contribution in [1.29, 1.82) is 0 Å². The zero-order chi connectivity index (χ0) is 11.5. The quantitative estimate of drug-likeness (QED) is 0.820. The number of halogens is 3. The number of aryl methyl sites for hydroxylation is 2. The van der Waals surface area contributed by atoms with E-state index in [2.05, 4.69) is 5.32 Å². The van der Waals surface area contributed by atoms with Crippen molar-refractivity contribution < 1.29 is 13.2 Å². The molecule has 0 unspecified atom stereocenters. The molecule has 0 heterocycles. The first-order valence-electron chi connectivity index (χ1n) is 4.71. The Morgan fingerprint density at radius 2 is 1.60 bits per heavy atom. The van der Waals surface area contributed by atoms with E-state index in [4.69, 9.17) is 0 Å². The van der Waals surface area contributed by atoms with Gasteiger partial charge < -0.3 is 5.32 Å². The van der Waals surface area contributed by atoms with Crippen molar-refractivity contribution >= 4 is 0 Å². The Morgan fingerprint density at radius 3 is 2.07 bits per heavy atom. The average Bonchev–Trinajstić information content (AvgIpc) is 1.99. The molecule has 4 heteroatoms. The van der Waals surface area contributed by atoms with Crippen LogP contribution in [0.3, 0.4) is 0 Å². The summed E-state index contributed by atoms with van der Waals surface area (Å²) in [6.07, 6.45) is -4.14. The molecule has 0 fully saturated rings. The van der Waals surface area contributed by atoms with E-state index in [0.717, 1.165) is 16.7 Å². The molecule has 0 bridgehead atoms. The first-order chi connectivity index (χ1) is 6.87. The number of hydrogen-bond acceptors (Lipinski definition) is 1. The normalized spacial score (nSPS) is 11.8. The van der Waals surface area contributed by atoms with Gasteiger partial charge in [-0.05, 0) is 19.4 Å². The van der Waals surface area contributed by atoms with Crippen molar-refractivity contribution in [2.24, 2.45) is 0 Å². The number of alkyl halides is 3. The van der Waals surface area contributed by atoms with Gasteiger partial charge in [0.1, 0.15) is 0 Å². The third-order valence-corrected chi connectivity index (χ3v) is 1.94. The van der Waals surface area contributed by atoms with Gasteiger partial charge in [-0.2, -0.15) is 13.2 Å². The summed E-state index contributed by atoms with van der Waals surface area (Å²) < 4.78 is 35.6. The van der Waals surface area contributed by atoms with Crippen molar-refractivity contribution in [1.82, 2.24) is 5.32 Å². The van der Waals surface area contributed by atoms with Gasteiger partial charge in [-0.3, -0.25) is 0 Å². The van der Waals surface area contributed by atoms with Crippen molar-refractivity contribution in [3.05, 3.63) is 34.9 Å². The van der Waals surface area contributed by atoms with Crippen molar-refractivity contribution in [2.75, 3.05) is 6.54 Å². The maximum atomic E-state index is 11.9. The van der Waals surface area contributed by atoms with Gasteiger partial charge in [-0.15, -0.1) is 0 Å². The lowest BCUT2D eigenvalue weighted by Gasteiger charge is -2.09. The number of rotatable bonds is 3. The zero-order valence-corrected chi connectivity index (χ0v) is 8.78. The number of benzene rings is 1. The summed E-state index contributed by atoms with van der Waals surface area (Å²) in [7, 11) is 0. The second kappa shape index (κ2) is 4.66. The van der Waals surface area contributed by atoms with E-state index in [0.29, 0.717) is 0 Å². The predicted molar refractivity (Wildman–Crippen MR) is 53.7 cm³/mol. The molecule has 0 aliphatic carbocycles. The van der Waals surface area contributed by atoms with Crippen LogP contribution in [0, 0.1) is 13.8 Å². The molecule has 0 saturated heterocycles. The molecule has 0 saturated carbocycles. The monoisotopic (exact) mass is 217 g/mol. The average molecular weight is 217 g/mol. The highest BCUT2D eigenvalue weighted by Crippen LogP contribution is 2.13. The molecule has 0 aliphatic heterocycles. The van der Waals surface area contributed by atoms with Gasteiger partial charge in [0.2, 0.25) is 0 Å². The molecule has 1 rings (SSSR count). The lowest BCUT2D eigenvalue weighted by Crippen LogP contribution is -2.28. The third kappa shape index (κ3) is 4.83. The second-order valence-electron chi connectivity index (χ2n) is 3.71. The van der Waals surface area contributed by atoms with E-state index in [1.54, 1.807) is 0 Å². The van der Waals surface area contributed by atoms with Gasteiger partial charge in [0, 0.05) is 6.54 Å². The molecule has 0 spiro atoms.